The number of nitrogens with one attached hydrogen (secondary N) is 1. The summed E-state index contributed by atoms with van der Waals surface area (Å²) < 4.78 is 10.8. The zero-order valence-electron chi connectivity index (χ0n) is 13.5. The third-order valence-electron chi connectivity index (χ3n) is 4.00. The second kappa shape index (κ2) is 6.24. The number of aromatic nitrogens is 3. The number of aromatic amines is 1. The van der Waals surface area contributed by atoms with Gasteiger partial charge in [0.1, 0.15) is 5.75 Å². The van der Waals surface area contributed by atoms with Crippen LogP contribution in [0.3, 0.4) is 0 Å². The number of Topliss-reactive ketones (excluding diaryl/α,β-unsaturated/α-hetero) is 1. The van der Waals surface area contributed by atoms with E-state index in [1.54, 1.807) is 12.1 Å². The quantitative estimate of drug-likeness (QED) is 0.562. The highest BCUT2D eigenvalue weighted by Crippen LogP contribution is 2.23. The Morgan fingerprint density at radius 1 is 1.16 bits per heavy atom. The Morgan fingerprint density at radius 3 is 2.72 bits per heavy atom. The third-order valence-corrected chi connectivity index (χ3v) is 4.00. The van der Waals surface area contributed by atoms with Gasteiger partial charge in [0, 0.05) is 27.7 Å². The first-order chi connectivity index (χ1) is 12.2. The Kier molecular flexibility index (Phi) is 3.78. The van der Waals surface area contributed by atoms with Crippen molar-refractivity contribution < 1.29 is 13.9 Å². The summed E-state index contributed by atoms with van der Waals surface area (Å²) in [5.74, 6) is 0.988. The summed E-state index contributed by atoms with van der Waals surface area (Å²) in [6, 6.07) is 14.9. The summed E-state index contributed by atoms with van der Waals surface area (Å²) in [6.45, 7) is 1.87. The van der Waals surface area contributed by atoms with E-state index in [0.29, 0.717) is 17.2 Å². The van der Waals surface area contributed by atoms with Gasteiger partial charge in [0.2, 0.25) is 18.1 Å². The molecule has 6 nitrogen and oxygen atoms in total. The number of aryl methyl sites for hydroxylation is 1. The fourth-order valence-electron chi connectivity index (χ4n) is 2.85. The molecule has 124 valence electrons. The lowest BCUT2D eigenvalue weighted by molar-refractivity contribution is 0.0922. The van der Waals surface area contributed by atoms with E-state index in [2.05, 4.69) is 15.2 Å². The van der Waals surface area contributed by atoms with Crippen molar-refractivity contribution in [3.05, 3.63) is 66.2 Å². The number of ether oxygens (including phenoxy) is 1. The van der Waals surface area contributed by atoms with Crippen LogP contribution in [0, 0.1) is 6.92 Å². The van der Waals surface area contributed by atoms with E-state index in [9.17, 15) is 4.79 Å². The first-order valence-electron chi connectivity index (χ1n) is 7.82. The molecular weight excluding hydrogens is 318 g/mol. The normalized spacial score (nSPS) is 10.9. The highest BCUT2D eigenvalue weighted by molar-refractivity contribution is 6.09. The minimum atomic E-state index is -0.0593. The number of benzene rings is 2. The highest BCUT2D eigenvalue weighted by Gasteiger charge is 2.16. The number of fused-ring (bicyclic) bond motifs is 1. The average molecular weight is 333 g/mol. The Morgan fingerprint density at radius 2 is 1.96 bits per heavy atom. The summed E-state index contributed by atoms with van der Waals surface area (Å²) in [6.07, 6.45) is 1.28. The van der Waals surface area contributed by atoms with Crippen LogP contribution < -0.4 is 4.74 Å². The summed E-state index contributed by atoms with van der Waals surface area (Å²) in [4.78, 5) is 15.8. The average Bonchev–Trinajstić information content (AvgIpc) is 3.27. The number of H-pyrrole nitrogens is 1. The molecule has 0 amide bonds. The van der Waals surface area contributed by atoms with Gasteiger partial charge in [-0.05, 0) is 37.3 Å². The fraction of sp³-hybridized carbons (Fsp3) is 0.105. The molecule has 25 heavy (non-hydrogen) atoms. The zero-order valence-corrected chi connectivity index (χ0v) is 13.5. The molecule has 6 heteroatoms. The van der Waals surface area contributed by atoms with Crippen molar-refractivity contribution in [1.82, 2.24) is 15.2 Å². The Balaban J connectivity index is 1.49. The molecule has 1 N–H and O–H groups in total. The Bertz CT molecular complexity index is 1020. The van der Waals surface area contributed by atoms with Crippen LogP contribution in [0.25, 0.3) is 22.4 Å². The maximum Gasteiger partial charge on any atom is 0.247 e. The molecule has 0 radical (unpaired) electrons. The van der Waals surface area contributed by atoms with Gasteiger partial charge in [-0.3, -0.25) is 4.79 Å². The predicted octanol–water partition coefficient (Wildman–Crippen LogP) is 3.79. The fourth-order valence-corrected chi connectivity index (χ4v) is 2.85. The van der Waals surface area contributed by atoms with Gasteiger partial charge in [-0.15, -0.1) is 10.2 Å². The molecule has 2 aromatic heterocycles. The molecule has 0 spiro atoms. The largest absolute Gasteiger partial charge is 0.485 e. The van der Waals surface area contributed by atoms with Crippen LogP contribution in [0.15, 0.2) is 59.3 Å². The summed E-state index contributed by atoms with van der Waals surface area (Å²) in [5, 5.41) is 8.41. The molecule has 4 aromatic rings. The second-order valence-electron chi connectivity index (χ2n) is 5.65. The van der Waals surface area contributed by atoms with E-state index in [-0.39, 0.29) is 12.4 Å². The van der Waals surface area contributed by atoms with E-state index in [1.165, 1.54) is 6.39 Å². The van der Waals surface area contributed by atoms with Crippen molar-refractivity contribution in [1.29, 1.82) is 0 Å². The van der Waals surface area contributed by atoms with Gasteiger partial charge >= 0.3 is 0 Å². The lowest BCUT2D eigenvalue weighted by atomic mass is 10.1. The molecule has 2 heterocycles. The number of carbonyl (C=O) groups is 1. The number of hydrogen-bond donors (Lipinski definition) is 1. The predicted molar refractivity (Wildman–Crippen MR) is 92.6 cm³/mol. The van der Waals surface area contributed by atoms with Crippen LogP contribution in [0.2, 0.25) is 0 Å². The van der Waals surface area contributed by atoms with Gasteiger partial charge in [-0.25, -0.2) is 0 Å². The summed E-state index contributed by atoms with van der Waals surface area (Å²) in [5.41, 5.74) is 3.27. The standard InChI is InChI=1S/C19H15N3O3/c1-12-18(15-4-2-3-5-16(15)21-12)17(23)10-24-14-8-6-13(7-9-14)19-22-20-11-25-19/h2-9,11,21H,10H2,1H3. The minimum Gasteiger partial charge on any atom is -0.485 e. The monoisotopic (exact) mass is 333 g/mol. The van der Waals surface area contributed by atoms with Gasteiger partial charge in [0.05, 0.1) is 0 Å². The lowest BCUT2D eigenvalue weighted by Gasteiger charge is -2.06. The van der Waals surface area contributed by atoms with Gasteiger partial charge in [-0.2, -0.15) is 0 Å². The first-order valence-corrected chi connectivity index (χ1v) is 7.82. The van der Waals surface area contributed by atoms with E-state index in [1.807, 2.05) is 43.3 Å². The number of nitrogens with zero attached hydrogens (tertiary/aromatic N) is 2. The van der Waals surface area contributed by atoms with Gasteiger partial charge < -0.3 is 14.1 Å². The van der Waals surface area contributed by atoms with Crippen LogP contribution in [0.1, 0.15) is 16.1 Å². The van der Waals surface area contributed by atoms with Crippen LogP contribution >= 0.6 is 0 Å². The number of rotatable bonds is 5. The maximum absolute atomic E-state index is 12.6. The van der Waals surface area contributed by atoms with Crippen molar-refractivity contribution in [2.75, 3.05) is 6.61 Å². The van der Waals surface area contributed by atoms with E-state index in [4.69, 9.17) is 9.15 Å². The molecule has 4 rings (SSSR count). The van der Waals surface area contributed by atoms with Crippen molar-refractivity contribution in [2.45, 2.75) is 6.92 Å². The maximum atomic E-state index is 12.6. The van der Waals surface area contributed by atoms with Gasteiger partial charge in [0.25, 0.3) is 0 Å². The molecule has 2 aromatic carbocycles. The third kappa shape index (κ3) is 2.89. The smallest absolute Gasteiger partial charge is 0.247 e. The molecule has 0 aliphatic carbocycles. The summed E-state index contributed by atoms with van der Waals surface area (Å²) >= 11 is 0. The number of ketones is 1. The molecule has 0 aliphatic heterocycles. The highest BCUT2D eigenvalue weighted by atomic mass is 16.5. The molecular formula is C19H15N3O3. The SMILES string of the molecule is Cc1[nH]c2ccccc2c1C(=O)COc1ccc(-c2nnco2)cc1. The van der Waals surface area contributed by atoms with Crippen molar-refractivity contribution in [3.63, 3.8) is 0 Å². The van der Waals surface area contributed by atoms with Gasteiger partial charge in [-0.1, -0.05) is 18.2 Å². The zero-order chi connectivity index (χ0) is 17.2. The molecule has 0 aliphatic rings. The molecule has 0 saturated carbocycles. The number of hydrogen-bond acceptors (Lipinski definition) is 5. The lowest BCUT2D eigenvalue weighted by Crippen LogP contribution is -2.12. The molecule has 0 unspecified atom stereocenters. The topological polar surface area (TPSA) is 81.0 Å². The second-order valence-corrected chi connectivity index (χ2v) is 5.65. The number of para-hydroxylation sites is 1. The van der Waals surface area contributed by atoms with E-state index in [0.717, 1.165) is 22.2 Å². The first kappa shape index (κ1) is 15.1. The molecule has 0 saturated heterocycles. The van der Waals surface area contributed by atoms with Crippen molar-refractivity contribution >= 4 is 16.7 Å². The number of carbonyl (C=O) groups excluding carboxylic acids is 1. The Labute approximate surface area is 143 Å². The van der Waals surface area contributed by atoms with Crippen LogP contribution in [-0.2, 0) is 0 Å². The minimum absolute atomic E-state index is 0.0252. The Hall–Kier alpha value is -3.41. The molecule has 0 bridgehead atoms. The van der Waals surface area contributed by atoms with Crippen molar-refractivity contribution in [2.24, 2.45) is 0 Å². The van der Waals surface area contributed by atoms with Crippen molar-refractivity contribution in [3.8, 4) is 17.2 Å². The van der Waals surface area contributed by atoms with Crippen LogP contribution in [-0.4, -0.2) is 27.6 Å². The van der Waals surface area contributed by atoms with E-state index >= 15 is 0 Å². The van der Waals surface area contributed by atoms with E-state index < -0.39 is 0 Å². The molecule has 0 fully saturated rings. The molecule has 0 atom stereocenters. The summed E-state index contributed by atoms with van der Waals surface area (Å²) in [7, 11) is 0. The van der Waals surface area contributed by atoms with Crippen LogP contribution in [0.4, 0.5) is 0 Å². The van der Waals surface area contributed by atoms with Crippen LogP contribution in [0.5, 0.6) is 5.75 Å². The van der Waals surface area contributed by atoms with Gasteiger partial charge in [0.15, 0.2) is 6.61 Å².